The minimum absolute atomic E-state index is 0.111. The molecule has 0 fully saturated rings. The number of fused-ring (bicyclic) bond motifs is 1. The molecule has 9 heteroatoms. The molecule has 6 rings (SSSR count). The Balaban J connectivity index is 1.42. The minimum atomic E-state index is -2.88. The maximum absolute atomic E-state index is 14.0. The zero-order valence-corrected chi connectivity index (χ0v) is 25.0. The fourth-order valence-electron chi connectivity index (χ4n) is 5.56. The van der Waals surface area contributed by atoms with Gasteiger partial charge in [-0.05, 0) is 66.1 Å². The summed E-state index contributed by atoms with van der Waals surface area (Å²) in [5.41, 5.74) is 5.59. The van der Waals surface area contributed by atoms with E-state index in [1.54, 1.807) is 36.4 Å². The van der Waals surface area contributed by atoms with E-state index in [-0.39, 0.29) is 18.4 Å². The number of ether oxygens (including phenoxy) is 3. The Morgan fingerprint density at radius 1 is 0.822 bits per heavy atom. The highest BCUT2D eigenvalue weighted by molar-refractivity contribution is 5.68. The Morgan fingerprint density at radius 2 is 1.53 bits per heavy atom. The third-order valence-electron chi connectivity index (χ3n) is 7.73. The van der Waals surface area contributed by atoms with Crippen molar-refractivity contribution >= 4 is 0 Å². The van der Waals surface area contributed by atoms with Gasteiger partial charge in [0.1, 0.15) is 17.4 Å². The lowest BCUT2D eigenvalue weighted by atomic mass is 10.1. The van der Waals surface area contributed by atoms with Crippen LogP contribution in [0.5, 0.6) is 17.2 Å². The van der Waals surface area contributed by atoms with Crippen molar-refractivity contribution in [3.63, 3.8) is 0 Å². The highest BCUT2D eigenvalue weighted by Crippen LogP contribution is 2.35. The van der Waals surface area contributed by atoms with E-state index in [9.17, 15) is 13.2 Å². The van der Waals surface area contributed by atoms with Gasteiger partial charge in [0.2, 0.25) is 6.79 Å². The van der Waals surface area contributed by atoms with Gasteiger partial charge in [-0.15, -0.1) is 0 Å². The molecule has 1 aliphatic rings. The van der Waals surface area contributed by atoms with Crippen LogP contribution >= 0.6 is 0 Å². The second-order valence-electron chi connectivity index (χ2n) is 11.0. The summed E-state index contributed by atoms with van der Waals surface area (Å²) in [5.74, 6) is 2.07. The number of hydrogen-bond donors (Lipinski definition) is 0. The molecule has 0 spiro atoms. The smallest absolute Gasteiger partial charge is 0.387 e. The first-order valence-electron chi connectivity index (χ1n) is 15.0. The Hall–Kier alpha value is -4.76. The zero-order chi connectivity index (χ0) is 31.2. The number of unbranched alkanes of at least 4 members (excludes halogenated alkanes) is 1. The molecule has 5 aromatic rings. The molecular formula is C36H34F3N3O3. The summed E-state index contributed by atoms with van der Waals surface area (Å²) < 4.78 is 57.6. The van der Waals surface area contributed by atoms with Crippen molar-refractivity contribution in [3.05, 3.63) is 120 Å². The fourth-order valence-corrected chi connectivity index (χ4v) is 5.56. The van der Waals surface area contributed by atoms with Gasteiger partial charge in [-0.2, -0.15) is 8.78 Å². The third kappa shape index (κ3) is 7.32. The third-order valence-corrected chi connectivity index (χ3v) is 7.73. The SMILES string of the molecule is CCCCn1c(-c2ccccc2)nc(-c2ccc(F)cc2)c1CN(Cc1ccc(OC(F)F)cc1)Cc1ccc2c(c1)OCO2. The van der Waals surface area contributed by atoms with Crippen molar-refractivity contribution in [2.45, 2.75) is 52.6 Å². The summed E-state index contributed by atoms with van der Waals surface area (Å²) in [4.78, 5) is 7.46. The molecular weight excluding hydrogens is 579 g/mol. The molecule has 1 aromatic heterocycles. The zero-order valence-electron chi connectivity index (χ0n) is 25.0. The first-order valence-corrected chi connectivity index (χ1v) is 15.0. The molecule has 0 unspecified atom stereocenters. The Bertz CT molecular complexity index is 1710. The molecule has 2 heterocycles. The molecule has 45 heavy (non-hydrogen) atoms. The quantitative estimate of drug-likeness (QED) is 0.133. The second kappa shape index (κ2) is 13.9. The van der Waals surface area contributed by atoms with Crippen LogP contribution in [0, 0.1) is 5.82 Å². The number of imidazole rings is 1. The van der Waals surface area contributed by atoms with Gasteiger partial charge in [-0.1, -0.05) is 61.9 Å². The Labute approximate surface area is 260 Å². The summed E-state index contributed by atoms with van der Waals surface area (Å²) in [6.07, 6.45) is 1.96. The average molecular weight is 614 g/mol. The second-order valence-corrected chi connectivity index (χ2v) is 11.0. The van der Waals surface area contributed by atoms with Gasteiger partial charge in [-0.3, -0.25) is 4.90 Å². The molecule has 6 nitrogen and oxygen atoms in total. The Morgan fingerprint density at radius 3 is 2.27 bits per heavy atom. The summed E-state index contributed by atoms with van der Waals surface area (Å²) in [6, 6.07) is 29.2. The number of benzene rings is 4. The van der Waals surface area contributed by atoms with Crippen LogP contribution in [0.4, 0.5) is 13.2 Å². The van der Waals surface area contributed by atoms with Crippen LogP contribution in [0.1, 0.15) is 36.6 Å². The average Bonchev–Trinajstić information content (AvgIpc) is 3.66. The van der Waals surface area contributed by atoms with Gasteiger partial charge in [-0.25, -0.2) is 9.37 Å². The molecule has 0 N–H and O–H groups in total. The number of aromatic nitrogens is 2. The summed E-state index contributed by atoms with van der Waals surface area (Å²) >= 11 is 0. The van der Waals surface area contributed by atoms with Crippen LogP contribution < -0.4 is 14.2 Å². The van der Waals surface area contributed by atoms with Crippen LogP contribution in [0.15, 0.2) is 97.1 Å². The molecule has 232 valence electrons. The van der Waals surface area contributed by atoms with Gasteiger partial charge in [0.15, 0.2) is 11.5 Å². The van der Waals surface area contributed by atoms with Gasteiger partial charge >= 0.3 is 6.61 Å². The van der Waals surface area contributed by atoms with Crippen molar-refractivity contribution < 1.29 is 27.4 Å². The molecule has 1 aliphatic heterocycles. The Kier molecular flexibility index (Phi) is 9.35. The van der Waals surface area contributed by atoms with Gasteiger partial charge in [0.05, 0.1) is 11.4 Å². The van der Waals surface area contributed by atoms with Crippen LogP contribution in [0.25, 0.3) is 22.6 Å². The molecule has 0 atom stereocenters. The molecule has 0 saturated heterocycles. The van der Waals surface area contributed by atoms with Gasteiger partial charge in [0.25, 0.3) is 0 Å². The monoisotopic (exact) mass is 613 g/mol. The van der Waals surface area contributed by atoms with Gasteiger partial charge < -0.3 is 18.8 Å². The molecule has 0 aliphatic carbocycles. The summed E-state index contributed by atoms with van der Waals surface area (Å²) in [5, 5.41) is 0. The first-order chi connectivity index (χ1) is 22.0. The fraction of sp³-hybridized carbons (Fsp3) is 0.250. The predicted molar refractivity (Wildman–Crippen MR) is 167 cm³/mol. The lowest BCUT2D eigenvalue weighted by molar-refractivity contribution is -0.0498. The molecule has 0 amide bonds. The number of hydrogen-bond acceptors (Lipinski definition) is 5. The molecule has 0 saturated carbocycles. The number of nitrogens with zero attached hydrogens (tertiary/aromatic N) is 3. The first kappa shape index (κ1) is 30.3. The maximum Gasteiger partial charge on any atom is 0.387 e. The topological polar surface area (TPSA) is 48.8 Å². The summed E-state index contributed by atoms with van der Waals surface area (Å²) in [7, 11) is 0. The normalized spacial score (nSPS) is 12.3. The lowest BCUT2D eigenvalue weighted by Crippen LogP contribution is -2.24. The van der Waals surface area contributed by atoms with E-state index in [2.05, 4.69) is 33.3 Å². The van der Waals surface area contributed by atoms with E-state index in [1.807, 2.05) is 36.4 Å². The van der Waals surface area contributed by atoms with E-state index in [1.165, 1.54) is 12.1 Å². The summed E-state index contributed by atoms with van der Waals surface area (Å²) in [6.45, 7) is 1.83. The van der Waals surface area contributed by atoms with E-state index >= 15 is 0 Å². The van der Waals surface area contributed by atoms with Crippen LogP contribution in [0.2, 0.25) is 0 Å². The van der Waals surface area contributed by atoms with Crippen LogP contribution in [-0.4, -0.2) is 27.9 Å². The van der Waals surface area contributed by atoms with Crippen molar-refractivity contribution in [2.75, 3.05) is 6.79 Å². The highest BCUT2D eigenvalue weighted by Gasteiger charge is 2.23. The molecule has 0 bridgehead atoms. The van der Waals surface area contributed by atoms with E-state index < -0.39 is 6.61 Å². The number of rotatable bonds is 13. The van der Waals surface area contributed by atoms with Crippen LogP contribution in [0.3, 0.4) is 0 Å². The van der Waals surface area contributed by atoms with E-state index in [0.29, 0.717) is 31.1 Å². The van der Waals surface area contributed by atoms with Crippen molar-refractivity contribution in [2.24, 2.45) is 0 Å². The van der Waals surface area contributed by atoms with E-state index in [4.69, 9.17) is 14.5 Å². The highest BCUT2D eigenvalue weighted by atomic mass is 19.3. The largest absolute Gasteiger partial charge is 0.454 e. The molecule has 0 radical (unpaired) electrons. The molecule has 4 aromatic carbocycles. The number of alkyl halides is 2. The number of halogens is 3. The van der Waals surface area contributed by atoms with Crippen molar-refractivity contribution in [3.8, 4) is 39.9 Å². The van der Waals surface area contributed by atoms with Crippen molar-refractivity contribution in [1.29, 1.82) is 0 Å². The lowest BCUT2D eigenvalue weighted by Gasteiger charge is -2.25. The standard InChI is InChI=1S/C36H34F3N3O3/c1-2-3-19-42-31(34(27-12-14-29(37)15-13-27)40-35(42)28-7-5-4-6-8-28)23-41(21-25-9-16-30(17-10-25)45-36(38)39)22-26-11-18-32-33(20-26)44-24-43-32/h4-18,20,36H,2-3,19,21-24H2,1H3. The van der Waals surface area contributed by atoms with E-state index in [0.717, 1.165) is 58.9 Å². The van der Waals surface area contributed by atoms with Crippen molar-refractivity contribution in [1.82, 2.24) is 14.5 Å². The van der Waals surface area contributed by atoms with Crippen LogP contribution in [-0.2, 0) is 26.2 Å². The van der Waals surface area contributed by atoms with Gasteiger partial charge in [0, 0.05) is 37.3 Å². The minimum Gasteiger partial charge on any atom is -0.454 e. The maximum atomic E-state index is 14.0. The predicted octanol–water partition coefficient (Wildman–Crippen LogP) is 8.69.